The average molecular weight is 402 g/mol. The highest BCUT2D eigenvalue weighted by Gasteiger charge is 2.19. The maximum absolute atomic E-state index is 14.0. The van der Waals surface area contributed by atoms with Crippen molar-refractivity contribution in [2.45, 2.75) is 19.5 Å². The number of benzene rings is 2. The smallest absolute Gasteiger partial charge is 0.159 e. The van der Waals surface area contributed by atoms with Crippen LogP contribution >= 0.6 is 11.3 Å². The highest BCUT2D eigenvalue weighted by Crippen LogP contribution is 2.31. The molecule has 29 heavy (non-hydrogen) atoms. The van der Waals surface area contributed by atoms with Crippen LogP contribution in [0.25, 0.3) is 21.8 Å². The average Bonchev–Trinajstić information content (AvgIpc) is 3.22. The second-order valence-electron chi connectivity index (χ2n) is 7.24. The fraction of sp³-hybridized carbons (Fsp3) is 0.167. The molecule has 0 amide bonds. The van der Waals surface area contributed by atoms with Crippen molar-refractivity contribution in [2.24, 2.45) is 0 Å². The van der Waals surface area contributed by atoms with E-state index in [0.717, 1.165) is 48.0 Å². The van der Waals surface area contributed by atoms with E-state index in [1.165, 1.54) is 16.5 Å². The molecule has 0 aliphatic carbocycles. The molecule has 0 saturated heterocycles. The fourth-order valence-electron chi connectivity index (χ4n) is 3.72. The van der Waals surface area contributed by atoms with E-state index in [-0.39, 0.29) is 5.82 Å². The van der Waals surface area contributed by atoms with Crippen molar-refractivity contribution in [3.05, 3.63) is 94.9 Å². The Balaban J connectivity index is 1.30. The van der Waals surface area contributed by atoms with Gasteiger partial charge in [0.25, 0.3) is 0 Å². The molecule has 0 fully saturated rings. The summed E-state index contributed by atoms with van der Waals surface area (Å²) in [6.45, 7) is 2.67. The molecule has 5 heteroatoms. The Morgan fingerprint density at radius 2 is 1.79 bits per heavy atom. The third-order valence-corrected chi connectivity index (χ3v) is 6.33. The van der Waals surface area contributed by atoms with Crippen molar-refractivity contribution in [2.75, 3.05) is 6.54 Å². The SMILES string of the molecule is Fc1ccccc1-c1ccc(CN2CCc3nc(-c4ccccc4)ncc3C2)s1. The lowest BCUT2D eigenvalue weighted by Gasteiger charge is -2.27. The van der Waals surface area contributed by atoms with Crippen LogP contribution in [-0.4, -0.2) is 21.4 Å². The minimum absolute atomic E-state index is 0.167. The maximum atomic E-state index is 14.0. The summed E-state index contributed by atoms with van der Waals surface area (Å²) in [5.74, 6) is 0.629. The summed E-state index contributed by atoms with van der Waals surface area (Å²) in [4.78, 5) is 14.0. The summed E-state index contributed by atoms with van der Waals surface area (Å²) < 4.78 is 14.0. The Morgan fingerprint density at radius 3 is 2.66 bits per heavy atom. The minimum atomic E-state index is -0.167. The van der Waals surface area contributed by atoms with Gasteiger partial charge in [-0.1, -0.05) is 48.5 Å². The van der Waals surface area contributed by atoms with Gasteiger partial charge >= 0.3 is 0 Å². The highest BCUT2D eigenvalue weighted by atomic mass is 32.1. The summed E-state index contributed by atoms with van der Waals surface area (Å²) in [5.41, 5.74) is 4.07. The Hall–Kier alpha value is -2.89. The lowest BCUT2D eigenvalue weighted by atomic mass is 10.1. The fourth-order valence-corrected chi connectivity index (χ4v) is 4.80. The highest BCUT2D eigenvalue weighted by molar-refractivity contribution is 7.15. The number of thiophene rings is 1. The summed E-state index contributed by atoms with van der Waals surface area (Å²) in [6.07, 6.45) is 2.89. The van der Waals surface area contributed by atoms with Gasteiger partial charge in [0, 0.05) is 58.7 Å². The molecule has 0 N–H and O–H groups in total. The predicted octanol–water partition coefficient (Wildman–Crippen LogP) is 5.57. The van der Waals surface area contributed by atoms with Gasteiger partial charge in [-0.3, -0.25) is 4.90 Å². The van der Waals surface area contributed by atoms with Crippen LogP contribution in [0.1, 0.15) is 16.1 Å². The third-order valence-electron chi connectivity index (χ3n) is 5.23. The molecule has 0 bridgehead atoms. The van der Waals surface area contributed by atoms with Crippen molar-refractivity contribution in [3.63, 3.8) is 0 Å². The van der Waals surface area contributed by atoms with Crippen LogP contribution in [0.2, 0.25) is 0 Å². The molecule has 2 aromatic heterocycles. The second kappa shape index (κ2) is 7.85. The summed E-state index contributed by atoms with van der Waals surface area (Å²) >= 11 is 1.66. The lowest BCUT2D eigenvalue weighted by molar-refractivity contribution is 0.245. The Morgan fingerprint density at radius 1 is 0.966 bits per heavy atom. The Bertz CT molecular complexity index is 1140. The first-order chi connectivity index (χ1) is 14.3. The molecule has 5 rings (SSSR count). The number of aromatic nitrogens is 2. The van der Waals surface area contributed by atoms with E-state index < -0.39 is 0 Å². The normalized spacial score (nSPS) is 14.0. The van der Waals surface area contributed by atoms with E-state index in [0.29, 0.717) is 5.56 Å². The zero-order valence-electron chi connectivity index (χ0n) is 15.9. The quantitative estimate of drug-likeness (QED) is 0.448. The van der Waals surface area contributed by atoms with E-state index in [2.05, 4.69) is 16.0 Å². The van der Waals surface area contributed by atoms with Gasteiger partial charge in [-0.15, -0.1) is 11.3 Å². The number of hydrogen-bond acceptors (Lipinski definition) is 4. The van der Waals surface area contributed by atoms with Gasteiger partial charge in [-0.2, -0.15) is 0 Å². The third kappa shape index (κ3) is 3.84. The van der Waals surface area contributed by atoms with E-state index in [4.69, 9.17) is 4.98 Å². The number of nitrogens with zero attached hydrogens (tertiary/aromatic N) is 3. The molecule has 1 aliphatic rings. The van der Waals surface area contributed by atoms with Crippen molar-refractivity contribution in [1.82, 2.24) is 14.9 Å². The van der Waals surface area contributed by atoms with Crippen molar-refractivity contribution in [1.29, 1.82) is 0 Å². The molecule has 0 unspecified atom stereocenters. The van der Waals surface area contributed by atoms with Crippen LogP contribution in [0.4, 0.5) is 4.39 Å². The molecule has 144 valence electrons. The summed E-state index contributed by atoms with van der Waals surface area (Å²) in [5, 5.41) is 0. The van der Waals surface area contributed by atoms with Gasteiger partial charge in [0.05, 0.1) is 5.69 Å². The van der Waals surface area contributed by atoms with Gasteiger partial charge in [0.2, 0.25) is 0 Å². The molecule has 3 heterocycles. The number of hydrogen-bond donors (Lipinski definition) is 0. The van der Waals surface area contributed by atoms with Crippen molar-refractivity contribution >= 4 is 11.3 Å². The first kappa shape index (κ1) is 18.2. The van der Waals surface area contributed by atoms with Crippen LogP contribution in [0.5, 0.6) is 0 Å². The van der Waals surface area contributed by atoms with Crippen molar-refractivity contribution < 1.29 is 4.39 Å². The van der Waals surface area contributed by atoms with Gasteiger partial charge < -0.3 is 0 Å². The molecule has 0 atom stereocenters. The number of rotatable bonds is 4. The zero-order chi connectivity index (χ0) is 19.6. The van der Waals surface area contributed by atoms with Crippen LogP contribution in [0, 0.1) is 5.82 Å². The minimum Gasteiger partial charge on any atom is -0.293 e. The van der Waals surface area contributed by atoms with E-state index in [1.54, 1.807) is 17.4 Å². The van der Waals surface area contributed by atoms with Gasteiger partial charge in [-0.25, -0.2) is 14.4 Å². The van der Waals surface area contributed by atoms with Crippen molar-refractivity contribution in [3.8, 4) is 21.8 Å². The molecular formula is C24H20FN3S. The van der Waals surface area contributed by atoms with Gasteiger partial charge in [-0.05, 0) is 18.2 Å². The van der Waals surface area contributed by atoms with Crippen LogP contribution in [0.3, 0.4) is 0 Å². The molecule has 2 aromatic carbocycles. The standard InChI is InChI=1S/C24H20FN3S/c25-21-9-5-4-8-20(21)23-11-10-19(29-23)16-28-13-12-22-18(15-28)14-26-24(27-22)17-6-2-1-3-7-17/h1-11,14H,12-13,15-16H2. The number of halogens is 1. The summed E-state index contributed by atoms with van der Waals surface area (Å²) in [6, 6.07) is 21.2. The van der Waals surface area contributed by atoms with E-state index >= 15 is 0 Å². The van der Waals surface area contributed by atoms with E-state index in [9.17, 15) is 4.39 Å². The Kier molecular flexibility index (Phi) is 4.92. The molecular weight excluding hydrogens is 381 g/mol. The molecule has 0 saturated carbocycles. The molecule has 0 spiro atoms. The monoisotopic (exact) mass is 401 g/mol. The van der Waals surface area contributed by atoms with E-state index in [1.807, 2.05) is 54.7 Å². The first-order valence-corrected chi connectivity index (χ1v) is 10.5. The largest absolute Gasteiger partial charge is 0.293 e. The second-order valence-corrected chi connectivity index (χ2v) is 8.41. The first-order valence-electron chi connectivity index (χ1n) is 9.72. The zero-order valence-corrected chi connectivity index (χ0v) is 16.7. The topological polar surface area (TPSA) is 29.0 Å². The molecule has 3 nitrogen and oxygen atoms in total. The number of fused-ring (bicyclic) bond motifs is 1. The molecule has 1 aliphatic heterocycles. The maximum Gasteiger partial charge on any atom is 0.159 e. The van der Waals surface area contributed by atoms with Gasteiger partial charge in [0.1, 0.15) is 5.82 Å². The van der Waals surface area contributed by atoms with Gasteiger partial charge in [0.15, 0.2) is 5.82 Å². The molecule has 4 aromatic rings. The van der Waals surface area contributed by atoms with Crippen LogP contribution in [-0.2, 0) is 19.5 Å². The molecule has 0 radical (unpaired) electrons. The van der Waals surface area contributed by atoms with Crippen LogP contribution < -0.4 is 0 Å². The Labute approximate surface area is 173 Å². The van der Waals surface area contributed by atoms with Crippen LogP contribution in [0.15, 0.2) is 72.9 Å². The predicted molar refractivity (Wildman–Crippen MR) is 115 cm³/mol. The lowest BCUT2D eigenvalue weighted by Crippen LogP contribution is -2.30. The summed E-state index contributed by atoms with van der Waals surface area (Å²) in [7, 11) is 0.